The number of ether oxygens (including phenoxy) is 1. The van der Waals surface area contributed by atoms with E-state index in [1.165, 1.54) is 0 Å². The molecule has 0 atom stereocenters. The highest BCUT2D eigenvalue weighted by Crippen LogP contribution is 2.19. The third-order valence-corrected chi connectivity index (χ3v) is 3.08. The average Bonchev–Trinajstić information content (AvgIpc) is 2.37. The molecule has 22 heavy (non-hydrogen) atoms. The third kappa shape index (κ3) is 5.91. The van der Waals surface area contributed by atoms with Crippen LogP contribution >= 0.6 is 11.6 Å². The summed E-state index contributed by atoms with van der Waals surface area (Å²) in [5, 5.41) is 12.2. The topological polar surface area (TPSA) is 88.2 Å². The van der Waals surface area contributed by atoms with Crippen LogP contribution in [0.15, 0.2) is 23.4 Å². The number of amidine groups is 1. The summed E-state index contributed by atoms with van der Waals surface area (Å²) in [7, 11) is 1.79. The van der Waals surface area contributed by atoms with Gasteiger partial charge < -0.3 is 15.7 Å². The molecule has 7 heteroatoms. The van der Waals surface area contributed by atoms with Crippen LogP contribution in [0.1, 0.15) is 31.9 Å². The molecule has 6 nitrogen and oxygen atoms in total. The molecular weight excluding hydrogens is 306 g/mol. The lowest BCUT2D eigenvalue weighted by Gasteiger charge is -2.22. The van der Waals surface area contributed by atoms with E-state index in [2.05, 4.69) is 5.16 Å². The summed E-state index contributed by atoms with van der Waals surface area (Å²) in [5.74, 6) is -0.300. The molecule has 0 aliphatic heterocycles. The normalized spacial score (nSPS) is 12.5. The number of rotatable bonds is 5. The summed E-state index contributed by atoms with van der Waals surface area (Å²) in [6, 6.07) is 5.06. The largest absolute Gasteiger partial charge is 0.459 e. The maximum atomic E-state index is 11.8. The Morgan fingerprint density at radius 3 is 2.64 bits per heavy atom. The van der Waals surface area contributed by atoms with Crippen molar-refractivity contribution in [2.24, 2.45) is 10.9 Å². The second-order valence-corrected chi connectivity index (χ2v) is 6.46. The number of nitrogens with two attached hydrogens (primary N) is 1. The maximum Gasteiger partial charge on any atom is 0.320 e. The number of nitrogens with zero attached hydrogens (tertiary/aromatic N) is 2. The van der Waals surface area contributed by atoms with Gasteiger partial charge in [0.1, 0.15) is 5.60 Å². The van der Waals surface area contributed by atoms with E-state index in [0.717, 1.165) is 5.56 Å². The van der Waals surface area contributed by atoms with Crippen molar-refractivity contribution in [1.29, 1.82) is 0 Å². The Hall–Kier alpha value is -1.79. The second kappa shape index (κ2) is 7.47. The molecule has 3 N–H and O–H groups in total. The smallest absolute Gasteiger partial charge is 0.320 e. The highest BCUT2D eigenvalue weighted by molar-refractivity contribution is 6.31. The first-order valence-electron chi connectivity index (χ1n) is 6.79. The van der Waals surface area contributed by atoms with Gasteiger partial charge in [0.05, 0.1) is 6.54 Å². The number of likely N-dealkylation sites (N-methyl/N-ethyl adjacent to an activating group) is 1. The van der Waals surface area contributed by atoms with Crippen molar-refractivity contribution in [3.05, 3.63) is 34.3 Å². The Labute approximate surface area is 135 Å². The van der Waals surface area contributed by atoms with E-state index in [0.29, 0.717) is 17.1 Å². The number of halogens is 1. The Bertz CT molecular complexity index is 568. The van der Waals surface area contributed by atoms with Crippen molar-refractivity contribution in [3.8, 4) is 0 Å². The van der Waals surface area contributed by atoms with Crippen LogP contribution in [-0.2, 0) is 16.1 Å². The Balaban J connectivity index is 2.75. The molecule has 122 valence electrons. The fraction of sp³-hybridized carbons (Fsp3) is 0.467. The van der Waals surface area contributed by atoms with Crippen molar-refractivity contribution < 1.29 is 14.7 Å². The average molecular weight is 328 g/mol. The van der Waals surface area contributed by atoms with E-state index in [-0.39, 0.29) is 18.3 Å². The fourth-order valence-corrected chi connectivity index (χ4v) is 2.03. The highest BCUT2D eigenvalue weighted by atomic mass is 35.5. The van der Waals surface area contributed by atoms with Gasteiger partial charge >= 0.3 is 5.97 Å². The first-order chi connectivity index (χ1) is 10.1. The number of hydrogen-bond acceptors (Lipinski definition) is 5. The van der Waals surface area contributed by atoms with E-state index >= 15 is 0 Å². The van der Waals surface area contributed by atoms with E-state index in [1.807, 2.05) is 20.8 Å². The number of oxime groups is 1. The zero-order valence-corrected chi connectivity index (χ0v) is 14.0. The lowest BCUT2D eigenvalue weighted by Crippen LogP contribution is -2.32. The minimum Gasteiger partial charge on any atom is -0.459 e. The Kier molecular flexibility index (Phi) is 6.20. The molecule has 0 unspecified atom stereocenters. The molecule has 0 aliphatic rings. The number of carbonyl (C=O) groups is 1. The SMILES string of the molecule is CN(CC(=O)OC(C)(C)C)Cc1cc(/C(N)=N/O)ccc1Cl. The van der Waals surface area contributed by atoms with Crippen molar-refractivity contribution in [2.75, 3.05) is 13.6 Å². The van der Waals surface area contributed by atoms with Crippen LogP contribution in [-0.4, -0.2) is 41.1 Å². The van der Waals surface area contributed by atoms with E-state index < -0.39 is 5.60 Å². The molecule has 0 heterocycles. The standard InChI is InChI=1S/C15H22ClN3O3/c1-15(2,3)22-13(20)9-19(4)8-11-7-10(14(17)18-21)5-6-12(11)16/h5-7,21H,8-9H2,1-4H3,(H2,17,18). The lowest BCUT2D eigenvalue weighted by molar-refractivity contribution is -0.155. The van der Waals surface area contributed by atoms with E-state index in [1.54, 1.807) is 30.1 Å². The summed E-state index contributed by atoms with van der Waals surface area (Å²) in [5.41, 5.74) is 6.39. The minimum absolute atomic E-state index is 0.00714. The van der Waals surface area contributed by atoms with Crippen LogP contribution in [0.5, 0.6) is 0 Å². The molecule has 0 amide bonds. The number of esters is 1. The van der Waals surface area contributed by atoms with Crippen molar-refractivity contribution in [3.63, 3.8) is 0 Å². The molecule has 0 aromatic heterocycles. The van der Waals surface area contributed by atoms with Gasteiger partial charge in [-0.3, -0.25) is 9.69 Å². The lowest BCUT2D eigenvalue weighted by atomic mass is 10.1. The third-order valence-electron chi connectivity index (χ3n) is 2.71. The summed E-state index contributed by atoms with van der Waals surface area (Å²) in [4.78, 5) is 13.6. The Morgan fingerprint density at radius 1 is 1.45 bits per heavy atom. The van der Waals surface area contributed by atoms with Crippen molar-refractivity contribution in [2.45, 2.75) is 32.9 Å². The van der Waals surface area contributed by atoms with Gasteiger partial charge in [0.2, 0.25) is 0 Å². The summed E-state index contributed by atoms with van der Waals surface area (Å²) in [6.07, 6.45) is 0. The molecule has 0 saturated carbocycles. The first-order valence-corrected chi connectivity index (χ1v) is 7.17. The molecular formula is C15H22ClN3O3. The van der Waals surface area contributed by atoms with Crippen LogP contribution < -0.4 is 5.73 Å². The molecule has 0 fully saturated rings. The zero-order valence-electron chi connectivity index (χ0n) is 13.3. The number of hydrogen-bond donors (Lipinski definition) is 2. The molecule has 1 rings (SSSR count). The second-order valence-electron chi connectivity index (χ2n) is 6.05. The van der Waals surface area contributed by atoms with Crippen molar-refractivity contribution in [1.82, 2.24) is 4.90 Å². The summed E-state index contributed by atoms with van der Waals surface area (Å²) < 4.78 is 5.27. The number of carbonyl (C=O) groups excluding carboxylic acids is 1. The van der Waals surface area contributed by atoms with Gasteiger partial charge in [0, 0.05) is 17.1 Å². The van der Waals surface area contributed by atoms with Gasteiger partial charge in [0.25, 0.3) is 0 Å². The maximum absolute atomic E-state index is 11.8. The Morgan fingerprint density at radius 2 is 2.09 bits per heavy atom. The van der Waals surface area contributed by atoms with Gasteiger partial charge in [-0.2, -0.15) is 0 Å². The van der Waals surface area contributed by atoms with Gasteiger partial charge in [-0.1, -0.05) is 16.8 Å². The zero-order chi connectivity index (χ0) is 16.9. The van der Waals surface area contributed by atoms with Gasteiger partial charge in [-0.15, -0.1) is 0 Å². The molecule has 1 aromatic carbocycles. The summed E-state index contributed by atoms with van der Waals surface area (Å²) in [6.45, 7) is 6.04. The molecule has 0 spiro atoms. The molecule has 0 aliphatic carbocycles. The van der Waals surface area contributed by atoms with E-state index in [4.69, 9.17) is 27.3 Å². The summed E-state index contributed by atoms with van der Waals surface area (Å²) >= 11 is 6.15. The van der Waals surface area contributed by atoms with Crippen LogP contribution in [0.2, 0.25) is 5.02 Å². The predicted octanol–water partition coefficient (Wildman–Crippen LogP) is 2.21. The molecule has 0 radical (unpaired) electrons. The molecule has 1 aromatic rings. The quantitative estimate of drug-likeness (QED) is 0.284. The minimum atomic E-state index is -0.512. The number of benzene rings is 1. The van der Waals surface area contributed by atoms with Crippen LogP contribution in [0.25, 0.3) is 0 Å². The van der Waals surface area contributed by atoms with Gasteiger partial charge in [0.15, 0.2) is 5.84 Å². The van der Waals surface area contributed by atoms with Crippen LogP contribution in [0, 0.1) is 0 Å². The van der Waals surface area contributed by atoms with Crippen molar-refractivity contribution >= 4 is 23.4 Å². The molecule has 0 bridgehead atoms. The fourth-order valence-electron chi connectivity index (χ4n) is 1.85. The first kappa shape index (κ1) is 18.3. The highest BCUT2D eigenvalue weighted by Gasteiger charge is 2.18. The van der Waals surface area contributed by atoms with Gasteiger partial charge in [-0.05, 0) is 51.6 Å². The predicted molar refractivity (Wildman–Crippen MR) is 86.1 cm³/mol. The van der Waals surface area contributed by atoms with Gasteiger partial charge in [-0.25, -0.2) is 0 Å². The van der Waals surface area contributed by atoms with Crippen LogP contribution in [0.4, 0.5) is 0 Å². The van der Waals surface area contributed by atoms with Crippen LogP contribution in [0.3, 0.4) is 0 Å². The monoisotopic (exact) mass is 327 g/mol. The van der Waals surface area contributed by atoms with E-state index in [9.17, 15) is 4.79 Å². The molecule has 0 saturated heterocycles.